The Labute approximate surface area is 112 Å². The average molecular weight is 311 g/mol. The van der Waals surface area contributed by atoms with E-state index in [1.165, 1.54) is 0 Å². The monoisotopic (exact) mass is 310 g/mol. The van der Waals surface area contributed by atoms with Crippen molar-refractivity contribution in [2.45, 2.75) is 6.92 Å². The molecule has 0 amide bonds. The van der Waals surface area contributed by atoms with Crippen molar-refractivity contribution in [2.75, 3.05) is 0 Å². The van der Waals surface area contributed by atoms with Gasteiger partial charge in [-0.25, -0.2) is 8.78 Å². The highest BCUT2D eigenvalue weighted by Crippen LogP contribution is 2.19. The maximum absolute atomic E-state index is 13.1. The SMILES string of the molecule is Cc1cc(Br)cc(C(=O)c2cc(F)cc(F)c2)c1. The average Bonchev–Trinajstić information content (AvgIpc) is 2.25. The Morgan fingerprint density at radius 1 is 0.944 bits per heavy atom. The summed E-state index contributed by atoms with van der Waals surface area (Å²) in [7, 11) is 0. The molecule has 2 aromatic carbocycles. The number of rotatable bonds is 2. The van der Waals surface area contributed by atoms with Gasteiger partial charge in [-0.2, -0.15) is 0 Å². The normalized spacial score (nSPS) is 10.4. The Kier molecular flexibility index (Phi) is 3.57. The largest absolute Gasteiger partial charge is 0.289 e. The van der Waals surface area contributed by atoms with Crippen LogP contribution in [-0.2, 0) is 0 Å². The van der Waals surface area contributed by atoms with Crippen molar-refractivity contribution >= 4 is 21.7 Å². The molecule has 0 atom stereocenters. The minimum absolute atomic E-state index is 0.00463. The summed E-state index contributed by atoms with van der Waals surface area (Å²) < 4.78 is 26.9. The molecule has 4 heteroatoms. The van der Waals surface area contributed by atoms with E-state index in [2.05, 4.69) is 15.9 Å². The summed E-state index contributed by atoms with van der Waals surface area (Å²) in [5, 5.41) is 0. The van der Waals surface area contributed by atoms with Crippen LogP contribution in [-0.4, -0.2) is 5.78 Å². The van der Waals surface area contributed by atoms with Crippen molar-refractivity contribution in [1.82, 2.24) is 0 Å². The van der Waals surface area contributed by atoms with E-state index in [4.69, 9.17) is 0 Å². The summed E-state index contributed by atoms with van der Waals surface area (Å²) >= 11 is 3.28. The summed E-state index contributed by atoms with van der Waals surface area (Å²) in [5.74, 6) is -1.92. The number of carbonyl (C=O) groups excluding carboxylic acids is 1. The third kappa shape index (κ3) is 2.82. The van der Waals surface area contributed by atoms with Gasteiger partial charge in [-0.1, -0.05) is 15.9 Å². The fraction of sp³-hybridized carbons (Fsp3) is 0.0714. The van der Waals surface area contributed by atoms with Gasteiger partial charge < -0.3 is 0 Å². The van der Waals surface area contributed by atoms with E-state index >= 15 is 0 Å². The number of benzene rings is 2. The van der Waals surface area contributed by atoms with Gasteiger partial charge >= 0.3 is 0 Å². The Hall–Kier alpha value is -1.55. The van der Waals surface area contributed by atoms with Gasteiger partial charge in [0.05, 0.1) is 0 Å². The summed E-state index contributed by atoms with van der Waals surface area (Å²) in [6.07, 6.45) is 0. The Morgan fingerprint density at radius 3 is 2.06 bits per heavy atom. The number of ketones is 1. The zero-order chi connectivity index (χ0) is 13.3. The van der Waals surface area contributed by atoms with Crippen LogP contribution in [0.4, 0.5) is 8.78 Å². The van der Waals surface area contributed by atoms with Crippen LogP contribution in [0.2, 0.25) is 0 Å². The molecule has 0 aliphatic carbocycles. The van der Waals surface area contributed by atoms with E-state index in [9.17, 15) is 13.6 Å². The fourth-order valence-corrected chi connectivity index (χ4v) is 2.33. The third-order valence-electron chi connectivity index (χ3n) is 2.43. The second-order valence-electron chi connectivity index (χ2n) is 4.00. The van der Waals surface area contributed by atoms with Gasteiger partial charge in [0.2, 0.25) is 0 Å². The van der Waals surface area contributed by atoms with Crippen LogP contribution in [0.3, 0.4) is 0 Å². The lowest BCUT2D eigenvalue weighted by atomic mass is 10.0. The van der Waals surface area contributed by atoms with E-state index < -0.39 is 17.4 Å². The second-order valence-corrected chi connectivity index (χ2v) is 4.92. The summed E-state index contributed by atoms with van der Waals surface area (Å²) in [4.78, 5) is 12.1. The minimum atomic E-state index is -0.759. The first-order valence-corrected chi connectivity index (χ1v) is 6.03. The van der Waals surface area contributed by atoms with Gasteiger partial charge in [-0.05, 0) is 42.8 Å². The smallest absolute Gasteiger partial charge is 0.193 e. The first kappa shape index (κ1) is 12.9. The van der Waals surface area contributed by atoms with Crippen LogP contribution in [0.25, 0.3) is 0 Å². The van der Waals surface area contributed by atoms with Gasteiger partial charge in [0.25, 0.3) is 0 Å². The van der Waals surface area contributed by atoms with Crippen molar-refractivity contribution in [3.05, 3.63) is 69.2 Å². The van der Waals surface area contributed by atoms with Crippen LogP contribution < -0.4 is 0 Å². The molecule has 2 aromatic rings. The maximum atomic E-state index is 13.1. The van der Waals surface area contributed by atoms with Gasteiger partial charge in [-0.15, -0.1) is 0 Å². The summed E-state index contributed by atoms with van der Waals surface area (Å²) in [6, 6.07) is 7.95. The lowest BCUT2D eigenvalue weighted by Crippen LogP contribution is -2.03. The molecule has 0 radical (unpaired) electrons. The van der Waals surface area contributed by atoms with Crippen LogP contribution in [0.5, 0.6) is 0 Å². The molecule has 0 fully saturated rings. The minimum Gasteiger partial charge on any atom is -0.289 e. The predicted molar refractivity (Wildman–Crippen MR) is 68.7 cm³/mol. The van der Waals surface area contributed by atoms with Crippen LogP contribution in [0, 0.1) is 18.6 Å². The van der Waals surface area contributed by atoms with Crippen molar-refractivity contribution in [3.8, 4) is 0 Å². The molecule has 0 saturated heterocycles. The van der Waals surface area contributed by atoms with Crippen LogP contribution in [0.1, 0.15) is 21.5 Å². The quantitative estimate of drug-likeness (QED) is 0.757. The Bertz CT molecular complexity index is 529. The molecule has 0 unspecified atom stereocenters. The van der Waals surface area contributed by atoms with E-state index in [0.717, 1.165) is 28.2 Å². The standard InChI is InChI=1S/C14H9BrF2O/c1-8-2-9(4-11(15)3-8)14(18)10-5-12(16)7-13(17)6-10/h2-7H,1H3. The molecule has 1 nitrogen and oxygen atoms in total. The zero-order valence-electron chi connectivity index (χ0n) is 9.51. The molecular formula is C14H9BrF2O. The third-order valence-corrected chi connectivity index (χ3v) is 2.89. The Morgan fingerprint density at radius 2 is 1.50 bits per heavy atom. The predicted octanol–water partition coefficient (Wildman–Crippen LogP) is 4.27. The summed E-state index contributed by atoms with van der Waals surface area (Å²) in [6.45, 7) is 1.84. The highest BCUT2D eigenvalue weighted by molar-refractivity contribution is 9.10. The van der Waals surface area contributed by atoms with E-state index in [1.54, 1.807) is 12.1 Å². The number of hydrogen-bond acceptors (Lipinski definition) is 1. The molecule has 0 aliphatic rings. The lowest BCUT2D eigenvalue weighted by Gasteiger charge is -2.04. The number of halogens is 3. The molecule has 0 heterocycles. The van der Waals surface area contributed by atoms with Gasteiger partial charge in [0.15, 0.2) is 5.78 Å². The molecule has 0 aromatic heterocycles. The maximum Gasteiger partial charge on any atom is 0.193 e. The highest BCUT2D eigenvalue weighted by atomic mass is 79.9. The molecular weight excluding hydrogens is 302 g/mol. The fourth-order valence-electron chi connectivity index (χ4n) is 1.72. The van der Waals surface area contributed by atoms with Crippen molar-refractivity contribution in [1.29, 1.82) is 0 Å². The molecule has 2 rings (SSSR count). The number of hydrogen-bond donors (Lipinski definition) is 0. The van der Waals surface area contributed by atoms with Crippen LogP contribution >= 0.6 is 15.9 Å². The van der Waals surface area contributed by atoms with E-state index in [0.29, 0.717) is 5.56 Å². The topological polar surface area (TPSA) is 17.1 Å². The highest BCUT2D eigenvalue weighted by Gasteiger charge is 2.12. The van der Waals surface area contributed by atoms with Gasteiger partial charge in [-0.3, -0.25) is 4.79 Å². The molecule has 0 spiro atoms. The molecule has 0 bridgehead atoms. The molecule has 0 N–H and O–H groups in total. The van der Waals surface area contributed by atoms with Gasteiger partial charge in [0, 0.05) is 21.7 Å². The van der Waals surface area contributed by atoms with Crippen molar-refractivity contribution < 1.29 is 13.6 Å². The van der Waals surface area contributed by atoms with Crippen molar-refractivity contribution in [3.63, 3.8) is 0 Å². The number of aryl methyl sites for hydroxylation is 1. The van der Waals surface area contributed by atoms with E-state index in [1.807, 2.05) is 13.0 Å². The molecule has 92 valence electrons. The summed E-state index contributed by atoms with van der Waals surface area (Å²) in [5.41, 5.74) is 1.29. The molecule has 18 heavy (non-hydrogen) atoms. The van der Waals surface area contributed by atoms with Gasteiger partial charge in [0.1, 0.15) is 11.6 Å². The second kappa shape index (κ2) is 4.98. The number of carbonyl (C=O) groups is 1. The molecule has 0 saturated carbocycles. The van der Waals surface area contributed by atoms with Crippen LogP contribution in [0.15, 0.2) is 40.9 Å². The zero-order valence-corrected chi connectivity index (χ0v) is 11.1. The Balaban J connectivity index is 2.47. The van der Waals surface area contributed by atoms with Crippen molar-refractivity contribution in [2.24, 2.45) is 0 Å². The first-order valence-electron chi connectivity index (χ1n) is 5.24. The lowest BCUT2D eigenvalue weighted by molar-refractivity contribution is 0.103. The first-order chi connectivity index (χ1) is 8.45. The molecule has 0 aliphatic heterocycles. The van der Waals surface area contributed by atoms with E-state index in [-0.39, 0.29) is 5.56 Å².